The van der Waals surface area contributed by atoms with Crippen LogP contribution in [0.25, 0.3) is 11.3 Å². The van der Waals surface area contributed by atoms with Crippen molar-refractivity contribution in [2.45, 2.75) is 32.7 Å². The van der Waals surface area contributed by atoms with Gasteiger partial charge in [0.15, 0.2) is 5.82 Å². The standard InChI is InChI=1S/C22H26N6O/c1-15-5-6-18(12-16(15)2)24-22(29)25-19-4-3-11-28(14-19)21-13-20(26-27-21)17-7-9-23-10-8-17/h5-10,12-13,19H,3-4,11,14H2,1-2H3,(H,26,27)(H2,24,25,29)/t19-/m0/s1. The van der Waals surface area contributed by atoms with Crippen molar-refractivity contribution in [3.63, 3.8) is 0 Å². The molecule has 7 heteroatoms. The minimum absolute atomic E-state index is 0.0800. The summed E-state index contributed by atoms with van der Waals surface area (Å²) in [7, 11) is 0. The third-order valence-electron chi connectivity index (χ3n) is 5.40. The highest BCUT2D eigenvalue weighted by molar-refractivity contribution is 5.89. The third-order valence-corrected chi connectivity index (χ3v) is 5.40. The fourth-order valence-corrected chi connectivity index (χ4v) is 3.63. The first-order valence-corrected chi connectivity index (χ1v) is 9.94. The van der Waals surface area contributed by atoms with Crippen molar-refractivity contribution in [3.05, 3.63) is 59.9 Å². The molecule has 7 nitrogen and oxygen atoms in total. The van der Waals surface area contributed by atoms with Crippen LogP contribution < -0.4 is 15.5 Å². The van der Waals surface area contributed by atoms with Crippen LogP contribution in [0, 0.1) is 13.8 Å². The number of pyridine rings is 1. The lowest BCUT2D eigenvalue weighted by molar-refractivity contribution is 0.246. The van der Waals surface area contributed by atoms with Crippen LogP contribution in [-0.2, 0) is 0 Å². The Balaban J connectivity index is 1.36. The number of aromatic nitrogens is 3. The predicted octanol–water partition coefficient (Wildman–Crippen LogP) is 3.88. The lowest BCUT2D eigenvalue weighted by Crippen LogP contribution is -2.49. The van der Waals surface area contributed by atoms with E-state index < -0.39 is 0 Å². The zero-order valence-electron chi connectivity index (χ0n) is 16.8. The highest BCUT2D eigenvalue weighted by Crippen LogP contribution is 2.24. The number of amides is 2. The first kappa shape index (κ1) is 19.0. The minimum atomic E-state index is -0.167. The molecule has 1 atom stereocenters. The number of benzene rings is 1. The highest BCUT2D eigenvalue weighted by atomic mass is 16.2. The summed E-state index contributed by atoms with van der Waals surface area (Å²) in [6, 6.07) is 11.8. The Morgan fingerprint density at radius 1 is 1.14 bits per heavy atom. The summed E-state index contributed by atoms with van der Waals surface area (Å²) in [5.74, 6) is 0.901. The van der Waals surface area contributed by atoms with Crippen LogP contribution in [0.1, 0.15) is 24.0 Å². The second kappa shape index (κ2) is 8.34. The van der Waals surface area contributed by atoms with Crippen molar-refractivity contribution in [1.82, 2.24) is 20.5 Å². The molecular formula is C22H26N6O. The number of urea groups is 1. The zero-order valence-corrected chi connectivity index (χ0v) is 16.8. The molecule has 0 unspecified atom stereocenters. The Hall–Kier alpha value is -3.35. The molecule has 150 valence electrons. The Labute approximate surface area is 170 Å². The summed E-state index contributed by atoms with van der Waals surface area (Å²) in [6.45, 7) is 5.77. The summed E-state index contributed by atoms with van der Waals surface area (Å²) >= 11 is 0. The van der Waals surface area contributed by atoms with E-state index in [0.717, 1.165) is 54.3 Å². The van der Waals surface area contributed by atoms with E-state index in [-0.39, 0.29) is 12.1 Å². The number of carbonyl (C=O) groups excluding carboxylic acids is 1. The molecule has 3 heterocycles. The summed E-state index contributed by atoms with van der Waals surface area (Å²) < 4.78 is 0. The van der Waals surface area contributed by atoms with E-state index in [1.54, 1.807) is 12.4 Å². The average Bonchev–Trinajstić information content (AvgIpc) is 3.22. The maximum absolute atomic E-state index is 12.4. The number of aromatic amines is 1. The number of nitrogens with one attached hydrogen (secondary N) is 3. The quantitative estimate of drug-likeness (QED) is 0.631. The molecule has 0 spiro atoms. The van der Waals surface area contributed by atoms with E-state index in [1.165, 1.54) is 5.56 Å². The maximum atomic E-state index is 12.4. The van der Waals surface area contributed by atoms with Gasteiger partial charge < -0.3 is 15.5 Å². The van der Waals surface area contributed by atoms with Gasteiger partial charge in [-0.2, -0.15) is 5.10 Å². The van der Waals surface area contributed by atoms with E-state index in [4.69, 9.17) is 0 Å². The number of H-pyrrole nitrogens is 1. The second-order valence-electron chi connectivity index (χ2n) is 7.56. The number of anilines is 2. The van der Waals surface area contributed by atoms with Gasteiger partial charge in [0.25, 0.3) is 0 Å². The largest absolute Gasteiger partial charge is 0.353 e. The zero-order chi connectivity index (χ0) is 20.2. The summed E-state index contributed by atoms with van der Waals surface area (Å²) in [5, 5.41) is 13.6. The Morgan fingerprint density at radius 3 is 2.76 bits per heavy atom. The van der Waals surface area contributed by atoms with Crippen LogP contribution in [0.4, 0.5) is 16.3 Å². The fraction of sp³-hybridized carbons (Fsp3) is 0.318. The number of piperidine rings is 1. The Kier molecular flexibility index (Phi) is 5.46. The molecule has 29 heavy (non-hydrogen) atoms. The van der Waals surface area contributed by atoms with Crippen LogP contribution >= 0.6 is 0 Å². The van der Waals surface area contributed by atoms with Crippen molar-refractivity contribution in [3.8, 4) is 11.3 Å². The van der Waals surface area contributed by atoms with Gasteiger partial charge in [0.05, 0.1) is 5.69 Å². The van der Waals surface area contributed by atoms with Crippen molar-refractivity contribution < 1.29 is 4.79 Å². The monoisotopic (exact) mass is 390 g/mol. The van der Waals surface area contributed by atoms with Crippen molar-refractivity contribution >= 4 is 17.5 Å². The fourth-order valence-electron chi connectivity index (χ4n) is 3.63. The number of carbonyl (C=O) groups is 1. The molecule has 1 aliphatic rings. The van der Waals surface area contributed by atoms with E-state index in [9.17, 15) is 4.79 Å². The Bertz CT molecular complexity index is 984. The molecular weight excluding hydrogens is 364 g/mol. The van der Waals surface area contributed by atoms with Crippen molar-refractivity contribution in [2.24, 2.45) is 0 Å². The van der Waals surface area contributed by atoms with Crippen LogP contribution in [-0.4, -0.2) is 40.3 Å². The summed E-state index contributed by atoms with van der Waals surface area (Å²) in [5.41, 5.74) is 5.20. The molecule has 4 rings (SSSR count). The van der Waals surface area contributed by atoms with Gasteiger partial charge in [-0.05, 0) is 62.1 Å². The van der Waals surface area contributed by atoms with E-state index >= 15 is 0 Å². The molecule has 1 saturated heterocycles. The SMILES string of the molecule is Cc1ccc(NC(=O)N[C@H]2CCCN(c3cc(-c4ccncc4)[nH]n3)C2)cc1C. The predicted molar refractivity (Wildman–Crippen MR) is 115 cm³/mol. The minimum Gasteiger partial charge on any atom is -0.353 e. The topological polar surface area (TPSA) is 85.9 Å². The van der Waals surface area contributed by atoms with Gasteiger partial charge in [0.1, 0.15) is 0 Å². The lowest BCUT2D eigenvalue weighted by atomic mass is 10.1. The molecule has 0 radical (unpaired) electrons. The van der Waals surface area contributed by atoms with Gasteiger partial charge >= 0.3 is 6.03 Å². The van der Waals surface area contributed by atoms with Crippen LogP contribution in [0.3, 0.4) is 0 Å². The smallest absolute Gasteiger partial charge is 0.319 e. The molecule has 0 aliphatic carbocycles. The van der Waals surface area contributed by atoms with Crippen LogP contribution in [0.2, 0.25) is 0 Å². The number of aryl methyl sites for hydroxylation is 2. The van der Waals surface area contributed by atoms with Crippen molar-refractivity contribution in [2.75, 3.05) is 23.3 Å². The molecule has 1 fully saturated rings. The number of rotatable bonds is 4. The highest BCUT2D eigenvalue weighted by Gasteiger charge is 2.23. The van der Waals surface area contributed by atoms with Crippen LogP contribution in [0.15, 0.2) is 48.8 Å². The molecule has 1 aromatic carbocycles. The van der Waals surface area contributed by atoms with E-state index in [2.05, 4.69) is 37.6 Å². The molecule has 2 amide bonds. The van der Waals surface area contributed by atoms with Gasteiger partial charge in [-0.25, -0.2) is 4.79 Å². The van der Waals surface area contributed by atoms with Gasteiger partial charge in [0.2, 0.25) is 0 Å². The van der Waals surface area contributed by atoms with Gasteiger partial charge in [-0.1, -0.05) is 6.07 Å². The third kappa shape index (κ3) is 4.56. The van der Waals surface area contributed by atoms with Gasteiger partial charge in [0, 0.05) is 48.8 Å². The molecule has 0 bridgehead atoms. The van der Waals surface area contributed by atoms with Crippen molar-refractivity contribution in [1.29, 1.82) is 0 Å². The first-order valence-electron chi connectivity index (χ1n) is 9.94. The molecule has 0 saturated carbocycles. The average molecular weight is 390 g/mol. The lowest BCUT2D eigenvalue weighted by Gasteiger charge is -2.33. The molecule has 2 aromatic heterocycles. The van der Waals surface area contributed by atoms with Gasteiger partial charge in [-0.3, -0.25) is 10.1 Å². The van der Waals surface area contributed by atoms with Crippen LogP contribution in [0.5, 0.6) is 0 Å². The molecule has 3 aromatic rings. The maximum Gasteiger partial charge on any atom is 0.319 e. The Morgan fingerprint density at radius 2 is 1.97 bits per heavy atom. The van der Waals surface area contributed by atoms with E-state index in [0.29, 0.717) is 0 Å². The van der Waals surface area contributed by atoms with E-state index in [1.807, 2.05) is 43.3 Å². The summed E-state index contributed by atoms with van der Waals surface area (Å²) in [6.07, 6.45) is 5.50. The molecule has 1 aliphatic heterocycles. The normalized spacial score (nSPS) is 16.5. The number of hydrogen-bond donors (Lipinski definition) is 3. The summed E-state index contributed by atoms with van der Waals surface area (Å²) in [4.78, 5) is 18.7. The first-order chi connectivity index (χ1) is 14.1. The number of hydrogen-bond acceptors (Lipinski definition) is 4. The molecule has 3 N–H and O–H groups in total. The van der Waals surface area contributed by atoms with Gasteiger partial charge in [-0.15, -0.1) is 0 Å². The number of nitrogens with zero attached hydrogens (tertiary/aromatic N) is 3. The second-order valence-corrected chi connectivity index (χ2v) is 7.56.